The zero-order valence-corrected chi connectivity index (χ0v) is 11.4. The third-order valence-electron chi connectivity index (χ3n) is 2.88. The molecule has 1 N–H and O–H groups in total. The Morgan fingerprint density at radius 1 is 1.15 bits per heavy atom. The number of anilines is 2. The molecule has 0 fully saturated rings. The molecule has 0 amide bonds. The maximum Gasteiger partial charge on any atom is 0.320 e. The van der Waals surface area contributed by atoms with Gasteiger partial charge in [0.25, 0.3) is 0 Å². The summed E-state index contributed by atoms with van der Waals surface area (Å²) in [6.45, 7) is 4.43. The van der Waals surface area contributed by atoms with Gasteiger partial charge in [0.15, 0.2) is 0 Å². The largest absolute Gasteiger partial charge is 0.406 e. The molecular formula is C14H15N5O. The first-order valence-electron chi connectivity index (χ1n) is 6.36. The van der Waals surface area contributed by atoms with E-state index in [1.165, 1.54) is 0 Å². The van der Waals surface area contributed by atoms with Gasteiger partial charge in [-0.2, -0.15) is 5.10 Å². The summed E-state index contributed by atoms with van der Waals surface area (Å²) in [7, 11) is 0. The van der Waals surface area contributed by atoms with E-state index in [1.54, 1.807) is 0 Å². The molecule has 0 atom stereocenters. The molecule has 0 aliphatic heterocycles. The molecule has 0 saturated carbocycles. The topological polar surface area (TPSA) is 68.8 Å². The van der Waals surface area contributed by atoms with Gasteiger partial charge >= 0.3 is 6.01 Å². The molecule has 0 bridgehead atoms. The fourth-order valence-corrected chi connectivity index (χ4v) is 1.98. The molecule has 1 aromatic carbocycles. The van der Waals surface area contributed by atoms with E-state index >= 15 is 0 Å². The second-order valence-corrected chi connectivity index (χ2v) is 4.58. The normalized spacial score (nSPS) is 10.7. The zero-order chi connectivity index (χ0) is 13.9. The highest BCUT2D eigenvalue weighted by Crippen LogP contribution is 2.15. The fourth-order valence-electron chi connectivity index (χ4n) is 1.98. The Morgan fingerprint density at radius 2 is 1.95 bits per heavy atom. The van der Waals surface area contributed by atoms with Crippen molar-refractivity contribution in [1.29, 1.82) is 0 Å². The minimum Gasteiger partial charge on any atom is -0.406 e. The van der Waals surface area contributed by atoms with Gasteiger partial charge in [-0.3, -0.25) is 4.68 Å². The number of hydrogen-bond acceptors (Lipinski definition) is 5. The van der Waals surface area contributed by atoms with Crippen molar-refractivity contribution in [2.45, 2.75) is 20.4 Å². The van der Waals surface area contributed by atoms with Crippen molar-refractivity contribution >= 4 is 11.7 Å². The molecule has 0 unspecified atom stereocenters. The molecule has 0 aliphatic carbocycles. The van der Waals surface area contributed by atoms with Gasteiger partial charge in [0.2, 0.25) is 5.89 Å². The van der Waals surface area contributed by atoms with Crippen LogP contribution in [0.25, 0.3) is 0 Å². The van der Waals surface area contributed by atoms with Gasteiger partial charge in [0.05, 0.1) is 5.69 Å². The van der Waals surface area contributed by atoms with Crippen molar-refractivity contribution < 1.29 is 4.42 Å². The molecule has 20 heavy (non-hydrogen) atoms. The van der Waals surface area contributed by atoms with Crippen molar-refractivity contribution in [2.75, 3.05) is 5.32 Å². The number of para-hydroxylation sites is 1. The molecule has 6 nitrogen and oxygen atoms in total. The van der Waals surface area contributed by atoms with Crippen LogP contribution in [0.4, 0.5) is 11.7 Å². The Labute approximate surface area is 116 Å². The standard InChI is InChI=1S/C14H15N5O/c1-10-8-11(2)19(18-10)9-13-16-17-14(20-13)15-12-6-4-3-5-7-12/h3-8H,9H2,1-2H3,(H,15,17). The van der Waals surface area contributed by atoms with Gasteiger partial charge in [-0.25, -0.2) is 0 Å². The van der Waals surface area contributed by atoms with Crippen LogP contribution in [0.2, 0.25) is 0 Å². The quantitative estimate of drug-likeness (QED) is 0.788. The van der Waals surface area contributed by atoms with Crippen molar-refractivity contribution in [3.05, 3.63) is 53.7 Å². The van der Waals surface area contributed by atoms with E-state index in [4.69, 9.17) is 4.42 Å². The summed E-state index contributed by atoms with van der Waals surface area (Å²) < 4.78 is 7.40. The highest BCUT2D eigenvalue weighted by molar-refractivity contribution is 5.50. The third kappa shape index (κ3) is 2.69. The minimum absolute atomic E-state index is 0.382. The maximum absolute atomic E-state index is 5.56. The summed E-state index contributed by atoms with van der Waals surface area (Å²) in [6, 6.07) is 12.1. The van der Waals surface area contributed by atoms with Crippen LogP contribution < -0.4 is 5.32 Å². The average molecular weight is 269 g/mol. The SMILES string of the molecule is Cc1cc(C)n(Cc2nnc(Nc3ccccc3)o2)n1. The smallest absolute Gasteiger partial charge is 0.320 e. The number of benzene rings is 1. The molecular weight excluding hydrogens is 254 g/mol. The Morgan fingerprint density at radius 3 is 2.65 bits per heavy atom. The lowest BCUT2D eigenvalue weighted by Gasteiger charge is -2.00. The summed E-state index contributed by atoms with van der Waals surface area (Å²) in [5, 5.41) is 15.4. The fraction of sp³-hybridized carbons (Fsp3) is 0.214. The predicted molar refractivity (Wildman–Crippen MR) is 74.8 cm³/mol. The number of nitrogens with zero attached hydrogens (tertiary/aromatic N) is 4. The maximum atomic E-state index is 5.56. The van der Waals surface area contributed by atoms with Crippen LogP contribution in [0.15, 0.2) is 40.8 Å². The van der Waals surface area contributed by atoms with Gasteiger partial charge in [-0.05, 0) is 32.0 Å². The van der Waals surface area contributed by atoms with Crippen LogP contribution in [0.1, 0.15) is 17.3 Å². The molecule has 0 spiro atoms. The number of hydrogen-bond donors (Lipinski definition) is 1. The van der Waals surface area contributed by atoms with E-state index in [1.807, 2.05) is 54.9 Å². The van der Waals surface area contributed by atoms with Crippen LogP contribution in [-0.2, 0) is 6.54 Å². The van der Waals surface area contributed by atoms with Gasteiger partial charge in [0, 0.05) is 11.4 Å². The molecule has 6 heteroatoms. The molecule has 2 aromatic heterocycles. The zero-order valence-electron chi connectivity index (χ0n) is 11.4. The summed E-state index contributed by atoms with van der Waals surface area (Å²) in [6.07, 6.45) is 0. The van der Waals surface area contributed by atoms with E-state index in [-0.39, 0.29) is 0 Å². The second-order valence-electron chi connectivity index (χ2n) is 4.58. The van der Waals surface area contributed by atoms with Crippen LogP contribution in [0.5, 0.6) is 0 Å². The van der Waals surface area contributed by atoms with Gasteiger partial charge in [-0.1, -0.05) is 23.3 Å². The first-order chi connectivity index (χ1) is 9.70. The van der Waals surface area contributed by atoms with Crippen molar-refractivity contribution in [2.24, 2.45) is 0 Å². The van der Waals surface area contributed by atoms with Crippen molar-refractivity contribution in [3.8, 4) is 0 Å². The highest BCUT2D eigenvalue weighted by atomic mass is 16.4. The molecule has 3 rings (SSSR count). The average Bonchev–Trinajstić information content (AvgIpc) is 2.98. The lowest BCUT2D eigenvalue weighted by Crippen LogP contribution is -2.04. The van der Waals surface area contributed by atoms with E-state index in [0.29, 0.717) is 18.5 Å². The van der Waals surface area contributed by atoms with E-state index in [0.717, 1.165) is 17.1 Å². The third-order valence-corrected chi connectivity index (χ3v) is 2.88. The van der Waals surface area contributed by atoms with Gasteiger partial charge < -0.3 is 9.73 Å². The lowest BCUT2D eigenvalue weighted by molar-refractivity contribution is 0.471. The number of aryl methyl sites for hydroxylation is 2. The Kier molecular flexibility index (Phi) is 3.20. The summed E-state index contributed by atoms with van der Waals surface area (Å²) >= 11 is 0. The van der Waals surface area contributed by atoms with Crippen molar-refractivity contribution in [3.63, 3.8) is 0 Å². The van der Waals surface area contributed by atoms with E-state index < -0.39 is 0 Å². The lowest BCUT2D eigenvalue weighted by atomic mass is 10.3. The van der Waals surface area contributed by atoms with Crippen molar-refractivity contribution in [1.82, 2.24) is 20.0 Å². The predicted octanol–water partition coefficient (Wildman–Crippen LogP) is 2.67. The van der Waals surface area contributed by atoms with Gasteiger partial charge in [0.1, 0.15) is 6.54 Å². The van der Waals surface area contributed by atoms with Crippen LogP contribution in [-0.4, -0.2) is 20.0 Å². The minimum atomic E-state index is 0.382. The van der Waals surface area contributed by atoms with Crippen LogP contribution in [0, 0.1) is 13.8 Å². The highest BCUT2D eigenvalue weighted by Gasteiger charge is 2.09. The monoisotopic (exact) mass is 269 g/mol. The first kappa shape index (κ1) is 12.4. The molecule has 0 saturated heterocycles. The van der Waals surface area contributed by atoms with Crippen LogP contribution >= 0.6 is 0 Å². The van der Waals surface area contributed by atoms with Gasteiger partial charge in [-0.15, -0.1) is 5.10 Å². The second kappa shape index (κ2) is 5.16. The molecule has 0 aliphatic rings. The Balaban J connectivity index is 1.72. The summed E-state index contributed by atoms with van der Waals surface area (Å²) in [5.41, 5.74) is 2.96. The van der Waals surface area contributed by atoms with E-state index in [9.17, 15) is 0 Å². The Hall–Kier alpha value is -2.63. The summed E-state index contributed by atoms with van der Waals surface area (Å²) in [5.74, 6) is 0.523. The van der Waals surface area contributed by atoms with E-state index in [2.05, 4.69) is 20.6 Å². The molecule has 0 radical (unpaired) electrons. The number of rotatable bonds is 4. The number of aromatic nitrogens is 4. The molecule has 102 valence electrons. The Bertz CT molecular complexity index is 701. The van der Waals surface area contributed by atoms with Crippen LogP contribution in [0.3, 0.4) is 0 Å². The molecule has 3 aromatic rings. The number of nitrogens with one attached hydrogen (secondary N) is 1. The first-order valence-corrected chi connectivity index (χ1v) is 6.36. The summed E-state index contributed by atoms with van der Waals surface area (Å²) in [4.78, 5) is 0. The molecule has 2 heterocycles.